The first-order chi connectivity index (χ1) is 10.7. The van der Waals surface area contributed by atoms with Gasteiger partial charge in [0.15, 0.2) is 10.8 Å². The minimum atomic E-state index is -0.309. The highest BCUT2D eigenvalue weighted by Gasteiger charge is 2.17. The Kier molecular flexibility index (Phi) is 4.09. The first kappa shape index (κ1) is 14.6. The van der Waals surface area contributed by atoms with Crippen LogP contribution in [0.25, 0.3) is 5.65 Å². The first-order valence-corrected chi connectivity index (χ1v) is 7.17. The second-order valence-corrected chi connectivity index (χ2v) is 5.15. The lowest BCUT2D eigenvalue weighted by atomic mass is 10.1. The third-order valence-electron chi connectivity index (χ3n) is 3.43. The van der Waals surface area contributed by atoms with Gasteiger partial charge in [-0.2, -0.15) is 0 Å². The van der Waals surface area contributed by atoms with E-state index in [1.165, 1.54) is 0 Å². The van der Waals surface area contributed by atoms with Gasteiger partial charge < -0.3 is 10.4 Å². The molecule has 0 aliphatic carbocycles. The number of aliphatic hydroxyl groups excluding tert-OH is 1. The molecule has 0 saturated heterocycles. The van der Waals surface area contributed by atoms with E-state index in [1.807, 2.05) is 36.4 Å². The number of carbonyl (C=O) groups is 1. The molecule has 2 aromatic heterocycles. The van der Waals surface area contributed by atoms with Gasteiger partial charge >= 0.3 is 0 Å². The van der Waals surface area contributed by atoms with Crippen LogP contribution in [0.15, 0.2) is 48.7 Å². The predicted molar refractivity (Wildman–Crippen MR) is 83.7 cm³/mol. The number of imidazole rings is 1. The van der Waals surface area contributed by atoms with Crippen LogP contribution < -0.4 is 5.32 Å². The number of nitrogens with one attached hydrogen (secondary N) is 1. The summed E-state index contributed by atoms with van der Waals surface area (Å²) in [5, 5.41) is 12.3. The van der Waals surface area contributed by atoms with Crippen molar-refractivity contribution in [2.45, 2.75) is 13.2 Å². The number of carbonyl (C=O) groups excluding carboxylic acids is 1. The zero-order valence-electron chi connectivity index (χ0n) is 11.7. The lowest BCUT2D eigenvalue weighted by Gasteiger charge is -2.09. The van der Waals surface area contributed by atoms with Crippen molar-refractivity contribution in [2.75, 3.05) is 0 Å². The maximum Gasteiger partial charge on any atom is 0.271 e. The summed E-state index contributed by atoms with van der Waals surface area (Å²) in [6.45, 7) is 0.244. The van der Waals surface area contributed by atoms with Crippen molar-refractivity contribution in [3.05, 3.63) is 70.6 Å². The van der Waals surface area contributed by atoms with E-state index in [-0.39, 0.29) is 17.7 Å². The van der Waals surface area contributed by atoms with Crippen LogP contribution in [0.5, 0.6) is 0 Å². The van der Waals surface area contributed by atoms with E-state index in [9.17, 15) is 9.90 Å². The average molecular weight is 316 g/mol. The fraction of sp³-hybridized carbons (Fsp3) is 0.125. The Morgan fingerprint density at radius 1 is 1.18 bits per heavy atom. The largest absolute Gasteiger partial charge is 0.392 e. The van der Waals surface area contributed by atoms with Crippen LogP contribution in [-0.4, -0.2) is 20.4 Å². The van der Waals surface area contributed by atoms with Crippen molar-refractivity contribution >= 4 is 23.2 Å². The zero-order valence-corrected chi connectivity index (χ0v) is 12.4. The molecule has 0 radical (unpaired) electrons. The van der Waals surface area contributed by atoms with Crippen LogP contribution in [0.4, 0.5) is 0 Å². The molecular weight excluding hydrogens is 302 g/mol. The Hall–Kier alpha value is -2.37. The summed E-state index contributed by atoms with van der Waals surface area (Å²) in [5.74, 6) is -0.309. The fourth-order valence-corrected chi connectivity index (χ4v) is 2.58. The summed E-state index contributed by atoms with van der Waals surface area (Å²) in [7, 11) is 0. The number of hydrogen-bond acceptors (Lipinski definition) is 3. The van der Waals surface area contributed by atoms with Crippen LogP contribution in [0.1, 0.15) is 21.6 Å². The highest BCUT2D eigenvalue weighted by Crippen LogP contribution is 2.17. The van der Waals surface area contributed by atoms with Crippen LogP contribution >= 0.6 is 11.6 Å². The Bertz CT molecular complexity index is 829. The molecule has 0 atom stereocenters. The maximum absolute atomic E-state index is 12.4. The molecule has 1 aromatic carbocycles. The number of benzene rings is 1. The number of aliphatic hydroxyl groups is 1. The normalized spacial score (nSPS) is 10.8. The molecule has 5 nitrogen and oxygen atoms in total. The van der Waals surface area contributed by atoms with Gasteiger partial charge in [0.1, 0.15) is 5.65 Å². The SMILES string of the molecule is O=C(NCc1ccccc1CO)c1c(Cl)nc2ccccn12. The van der Waals surface area contributed by atoms with E-state index in [1.54, 1.807) is 16.7 Å². The number of fused-ring (bicyclic) bond motifs is 1. The van der Waals surface area contributed by atoms with Crippen LogP contribution in [0.3, 0.4) is 0 Å². The van der Waals surface area contributed by atoms with Crippen LogP contribution in [-0.2, 0) is 13.2 Å². The number of nitrogens with zero attached hydrogens (tertiary/aromatic N) is 2. The summed E-state index contributed by atoms with van der Waals surface area (Å²) in [6.07, 6.45) is 1.74. The smallest absolute Gasteiger partial charge is 0.271 e. The minimum absolute atomic E-state index is 0.0671. The summed E-state index contributed by atoms with van der Waals surface area (Å²) in [5.41, 5.74) is 2.57. The fourth-order valence-electron chi connectivity index (χ4n) is 2.31. The molecule has 112 valence electrons. The second kappa shape index (κ2) is 6.17. The minimum Gasteiger partial charge on any atom is -0.392 e. The Morgan fingerprint density at radius 2 is 1.91 bits per heavy atom. The van der Waals surface area contributed by atoms with Gasteiger partial charge in [0.25, 0.3) is 5.91 Å². The number of halogens is 1. The lowest BCUT2D eigenvalue weighted by Crippen LogP contribution is -2.25. The molecule has 0 bridgehead atoms. The third-order valence-corrected chi connectivity index (χ3v) is 3.69. The van der Waals surface area contributed by atoms with Crippen molar-refractivity contribution in [1.82, 2.24) is 14.7 Å². The molecular formula is C16H14ClN3O2. The molecule has 0 unspecified atom stereocenters. The zero-order chi connectivity index (χ0) is 15.5. The number of aromatic nitrogens is 2. The molecule has 0 aliphatic rings. The third kappa shape index (κ3) is 2.68. The van der Waals surface area contributed by atoms with Crippen molar-refractivity contribution in [3.8, 4) is 0 Å². The van der Waals surface area contributed by atoms with Gasteiger partial charge in [0.2, 0.25) is 0 Å². The van der Waals surface area contributed by atoms with Gasteiger partial charge in [0.05, 0.1) is 6.61 Å². The van der Waals surface area contributed by atoms with Gasteiger partial charge in [-0.25, -0.2) is 4.98 Å². The summed E-state index contributed by atoms with van der Waals surface area (Å²) < 4.78 is 1.65. The van der Waals surface area contributed by atoms with Gasteiger partial charge in [-0.05, 0) is 23.3 Å². The molecule has 0 spiro atoms. The Balaban J connectivity index is 1.83. The van der Waals surface area contributed by atoms with Crippen molar-refractivity contribution in [3.63, 3.8) is 0 Å². The van der Waals surface area contributed by atoms with Gasteiger partial charge in [0, 0.05) is 12.7 Å². The molecule has 0 saturated carbocycles. The van der Waals surface area contributed by atoms with Crippen LogP contribution in [0, 0.1) is 0 Å². The quantitative estimate of drug-likeness (QED) is 0.777. The predicted octanol–water partition coefficient (Wildman–Crippen LogP) is 2.41. The van der Waals surface area contributed by atoms with Crippen molar-refractivity contribution in [2.24, 2.45) is 0 Å². The number of pyridine rings is 1. The first-order valence-electron chi connectivity index (χ1n) is 6.79. The van der Waals surface area contributed by atoms with Crippen molar-refractivity contribution in [1.29, 1.82) is 0 Å². The number of hydrogen-bond donors (Lipinski definition) is 2. The van der Waals surface area contributed by atoms with Crippen molar-refractivity contribution < 1.29 is 9.90 Å². The standard InChI is InChI=1S/C16H14ClN3O2/c17-15-14(20-8-4-3-7-13(20)19-15)16(22)18-9-11-5-1-2-6-12(11)10-21/h1-8,21H,9-10H2,(H,18,22). The summed E-state index contributed by atoms with van der Waals surface area (Å²) in [6, 6.07) is 12.8. The lowest BCUT2D eigenvalue weighted by molar-refractivity contribution is 0.0945. The van der Waals surface area contributed by atoms with Gasteiger partial charge in [-0.15, -0.1) is 0 Å². The molecule has 6 heteroatoms. The van der Waals surface area contributed by atoms with E-state index in [2.05, 4.69) is 10.3 Å². The number of amides is 1. The molecule has 3 rings (SSSR count). The monoisotopic (exact) mass is 315 g/mol. The summed E-state index contributed by atoms with van der Waals surface area (Å²) >= 11 is 6.07. The van der Waals surface area contributed by atoms with E-state index in [0.717, 1.165) is 11.1 Å². The molecule has 2 N–H and O–H groups in total. The highest BCUT2D eigenvalue weighted by atomic mass is 35.5. The van der Waals surface area contributed by atoms with Gasteiger partial charge in [-0.1, -0.05) is 41.9 Å². The van der Waals surface area contributed by atoms with E-state index >= 15 is 0 Å². The van der Waals surface area contributed by atoms with E-state index in [0.29, 0.717) is 17.9 Å². The molecule has 0 fully saturated rings. The van der Waals surface area contributed by atoms with Crippen LogP contribution in [0.2, 0.25) is 5.15 Å². The Labute approximate surface area is 132 Å². The average Bonchev–Trinajstić information content (AvgIpc) is 2.88. The molecule has 3 aromatic rings. The molecule has 2 heterocycles. The van der Waals surface area contributed by atoms with Gasteiger partial charge in [-0.3, -0.25) is 9.20 Å². The topological polar surface area (TPSA) is 66.6 Å². The molecule has 1 amide bonds. The highest BCUT2D eigenvalue weighted by molar-refractivity contribution is 6.32. The molecule has 0 aliphatic heterocycles. The number of rotatable bonds is 4. The maximum atomic E-state index is 12.4. The Morgan fingerprint density at radius 3 is 2.68 bits per heavy atom. The van der Waals surface area contributed by atoms with E-state index in [4.69, 9.17) is 11.6 Å². The van der Waals surface area contributed by atoms with E-state index < -0.39 is 0 Å². The second-order valence-electron chi connectivity index (χ2n) is 4.79. The molecule has 22 heavy (non-hydrogen) atoms. The summed E-state index contributed by atoms with van der Waals surface area (Å²) in [4.78, 5) is 16.5.